The van der Waals surface area contributed by atoms with E-state index in [-0.39, 0.29) is 4.90 Å². The Labute approximate surface area is 131 Å². The minimum absolute atomic E-state index is 0.139. The molecule has 2 aromatic heterocycles. The van der Waals surface area contributed by atoms with Gasteiger partial charge in [-0.1, -0.05) is 0 Å². The van der Waals surface area contributed by atoms with Crippen LogP contribution in [0.2, 0.25) is 0 Å². The molecule has 0 saturated carbocycles. The zero-order valence-electron chi connectivity index (χ0n) is 11.3. The maximum atomic E-state index is 12.3. The average Bonchev–Trinajstić information content (AvgIpc) is 2.96. The molecule has 0 spiro atoms. The molecule has 0 aliphatic heterocycles. The van der Waals surface area contributed by atoms with Gasteiger partial charge in [0.2, 0.25) is 0 Å². The summed E-state index contributed by atoms with van der Waals surface area (Å²) < 4.78 is 27.0. The van der Waals surface area contributed by atoms with E-state index in [1.165, 1.54) is 35.6 Å². The van der Waals surface area contributed by atoms with Gasteiger partial charge < -0.3 is 5.73 Å². The lowest BCUT2D eigenvalue weighted by Gasteiger charge is -2.05. The third kappa shape index (κ3) is 3.07. The lowest BCUT2D eigenvalue weighted by atomic mass is 10.2. The SMILES string of the molecule is Nc1ccc(S(=O)(=O)Nc2nc(-c3cccnc3)cs2)cc1. The highest BCUT2D eigenvalue weighted by molar-refractivity contribution is 7.93. The molecule has 112 valence electrons. The number of benzene rings is 1. The first-order valence-corrected chi connectivity index (χ1v) is 8.65. The number of rotatable bonds is 4. The van der Waals surface area contributed by atoms with Crippen molar-refractivity contribution in [1.82, 2.24) is 9.97 Å². The normalized spacial score (nSPS) is 11.3. The molecule has 2 heterocycles. The number of hydrogen-bond donors (Lipinski definition) is 2. The van der Waals surface area contributed by atoms with Gasteiger partial charge in [0, 0.05) is 29.0 Å². The Morgan fingerprint density at radius 1 is 1.14 bits per heavy atom. The van der Waals surface area contributed by atoms with Crippen LogP contribution in [-0.2, 0) is 10.0 Å². The highest BCUT2D eigenvalue weighted by Gasteiger charge is 2.16. The van der Waals surface area contributed by atoms with E-state index in [0.717, 1.165) is 5.56 Å². The van der Waals surface area contributed by atoms with Crippen LogP contribution in [0.4, 0.5) is 10.8 Å². The van der Waals surface area contributed by atoms with Crippen LogP contribution in [0.5, 0.6) is 0 Å². The molecule has 0 aliphatic rings. The van der Waals surface area contributed by atoms with E-state index in [1.54, 1.807) is 23.8 Å². The van der Waals surface area contributed by atoms with E-state index >= 15 is 0 Å². The molecule has 0 saturated heterocycles. The van der Waals surface area contributed by atoms with Gasteiger partial charge in [-0.25, -0.2) is 13.4 Å². The first kappa shape index (κ1) is 14.5. The summed E-state index contributed by atoms with van der Waals surface area (Å²) in [5.74, 6) is 0. The van der Waals surface area contributed by atoms with Gasteiger partial charge in [-0.15, -0.1) is 11.3 Å². The predicted octanol–water partition coefficient (Wildman–Crippen LogP) is 2.59. The Morgan fingerprint density at radius 3 is 2.59 bits per heavy atom. The monoisotopic (exact) mass is 332 g/mol. The maximum absolute atomic E-state index is 12.3. The minimum atomic E-state index is -3.67. The van der Waals surface area contributed by atoms with Crippen molar-refractivity contribution in [3.8, 4) is 11.3 Å². The number of nitrogens with one attached hydrogen (secondary N) is 1. The van der Waals surface area contributed by atoms with Crippen molar-refractivity contribution in [2.45, 2.75) is 4.90 Å². The van der Waals surface area contributed by atoms with E-state index < -0.39 is 10.0 Å². The van der Waals surface area contributed by atoms with Gasteiger partial charge in [-0.3, -0.25) is 9.71 Å². The molecule has 0 aliphatic carbocycles. The van der Waals surface area contributed by atoms with Gasteiger partial charge in [0.1, 0.15) is 0 Å². The largest absolute Gasteiger partial charge is 0.399 e. The molecule has 8 heteroatoms. The summed E-state index contributed by atoms with van der Waals surface area (Å²) in [5.41, 5.74) is 7.57. The number of thiazole rings is 1. The van der Waals surface area contributed by atoms with Crippen molar-refractivity contribution >= 4 is 32.2 Å². The molecule has 0 radical (unpaired) electrons. The van der Waals surface area contributed by atoms with Crippen molar-refractivity contribution in [1.29, 1.82) is 0 Å². The minimum Gasteiger partial charge on any atom is -0.399 e. The summed E-state index contributed by atoms with van der Waals surface area (Å²) in [5, 5.41) is 2.08. The Hall–Kier alpha value is -2.45. The summed E-state index contributed by atoms with van der Waals surface area (Å²) >= 11 is 1.22. The molecule has 0 atom stereocenters. The standard InChI is InChI=1S/C14H12N4O2S2/c15-11-3-5-12(6-4-11)22(19,20)18-14-17-13(9-21-14)10-2-1-7-16-8-10/h1-9H,15H2,(H,17,18). The van der Waals surface area contributed by atoms with Crippen LogP contribution in [-0.4, -0.2) is 18.4 Å². The predicted molar refractivity (Wildman–Crippen MR) is 87.0 cm³/mol. The van der Waals surface area contributed by atoms with E-state index in [4.69, 9.17) is 5.73 Å². The van der Waals surface area contributed by atoms with Crippen LogP contribution < -0.4 is 10.5 Å². The van der Waals surface area contributed by atoms with Crippen molar-refractivity contribution in [3.63, 3.8) is 0 Å². The molecule has 0 fully saturated rings. The van der Waals surface area contributed by atoms with Gasteiger partial charge in [0.25, 0.3) is 10.0 Å². The van der Waals surface area contributed by atoms with Crippen LogP contribution in [0, 0.1) is 0 Å². The van der Waals surface area contributed by atoms with Crippen LogP contribution in [0.25, 0.3) is 11.3 Å². The van der Waals surface area contributed by atoms with E-state index in [1.807, 2.05) is 6.07 Å². The summed E-state index contributed by atoms with van der Waals surface area (Å²) in [4.78, 5) is 8.43. The number of nitrogen functional groups attached to an aromatic ring is 1. The molecule has 22 heavy (non-hydrogen) atoms. The molecular formula is C14H12N4O2S2. The van der Waals surface area contributed by atoms with E-state index in [2.05, 4.69) is 14.7 Å². The van der Waals surface area contributed by atoms with Crippen LogP contribution in [0.15, 0.2) is 59.1 Å². The molecule has 1 aromatic carbocycles. The number of pyridine rings is 1. The Morgan fingerprint density at radius 2 is 1.91 bits per heavy atom. The quantitative estimate of drug-likeness (QED) is 0.716. The molecule has 3 aromatic rings. The van der Waals surface area contributed by atoms with Crippen LogP contribution >= 0.6 is 11.3 Å². The highest BCUT2D eigenvalue weighted by Crippen LogP contribution is 2.26. The summed E-state index contributed by atoms with van der Waals surface area (Å²) in [6, 6.07) is 9.64. The Kier molecular flexibility index (Phi) is 3.78. The Balaban J connectivity index is 1.84. The molecule has 0 amide bonds. The third-order valence-corrected chi connectivity index (χ3v) is 5.12. The summed E-state index contributed by atoms with van der Waals surface area (Å²) in [6.07, 6.45) is 3.34. The topological polar surface area (TPSA) is 98.0 Å². The number of nitrogens with zero attached hydrogens (tertiary/aromatic N) is 2. The lowest BCUT2D eigenvalue weighted by Crippen LogP contribution is -2.12. The molecule has 6 nitrogen and oxygen atoms in total. The van der Waals surface area contributed by atoms with E-state index in [9.17, 15) is 8.42 Å². The van der Waals surface area contributed by atoms with Crippen molar-refractivity contribution in [3.05, 3.63) is 54.2 Å². The second kappa shape index (κ2) is 5.74. The number of hydrogen-bond acceptors (Lipinski definition) is 6. The second-order valence-electron chi connectivity index (χ2n) is 4.45. The fraction of sp³-hybridized carbons (Fsp3) is 0. The van der Waals surface area contributed by atoms with Crippen molar-refractivity contribution in [2.75, 3.05) is 10.5 Å². The van der Waals surface area contributed by atoms with Gasteiger partial charge in [-0.2, -0.15) is 0 Å². The molecule has 0 unspecified atom stereocenters. The van der Waals surface area contributed by atoms with Crippen LogP contribution in [0.3, 0.4) is 0 Å². The number of nitrogens with two attached hydrogens (primary N) is 1. The first-order chi connectivity index (χ1) is 10.5. The van der Waals surface area contributed by atoms with E-state index in [0.29, 0.717) is 16.5 Å². The third-order valence-electron chi connectivity index (χ3n) is 2.87. The number of sulfonamides is 1. The van der Waals surface area contributed by atoms with Crippen molar-refractivity contribution < 1.29 is 8.42 Å². The average molecular weight is 332 g/mol. The Bertz CT molecular complexity index is 875. The molecule has 0 bridgehead atoms. The number of aromatic nitrogens is 2. The maximum Gasteiger partial charge on any atom is 0.263 e. The summed E-state index contributed by atoms with van der Waals surface area (Å²) in [7, 11) is -3.67. The first-order valence-electron chi connectivity index (χ1n) is 6.29. The molecule has 3 N–H and O–H groups in total. The molecular weight excluding hydrogens is 320 g/mol. The fourth-order valence-corrected chi connectivity index (χ4v) is 3.76. The molecule has 3 rings (SSSR count). The summed E-state index contributed by atoms with van der Waals surface area (Å²) in [6.45, 7) is 0. The lowest BCUT2D eigenvalue weighted by molar-refractivity contribution is 0.601. The second-order valence-corrected chi connectivity index (χ2v) is 6.99. The zero-order valence-corrected chi connectivity index (χ0v) is 12.9. The van der Waals surface area contributed by atoms with Gasteiger partial charge in [0.05, 0.1) is 10.6 Å². The zero-order chi connectivity index (χ0) is 15.6. The highest BCUT2D eigenvalue weighted by atomic mass is 32.2. The van der Waals surface area contributed by atoms with Crippen LogP contribution in [0.1, 0.15) is 0 Å². The van der Waals surface area contributed by atoms with Gasteiger partial charge in [0.15, 0.2) is 5.13 Å². The number of anilines is 2. The smallest absolute Gasteiger partial charge is 0.263 e. The fourth-order valence-electron chi connectivity index (χ4n) is 1.79. The van der Waals surface area contributed by atoms with Crippen molar-refractivity contribution in [2.24, 2.45) is 0 Å². The van der Waals surface area contributed by atoms with Gasteiger partial charge in [-0.05, 0) is 36.4 Å². The van der Waals surface area contributed by atoms with Gasteiger partial charge >= 0.3 is 0 Å².